The van der Waals surface area contributed by atoms with Gasteiger partial charge in [0.05, 0.1) is 23.9 Å². The van der Waals surface area contributed by atoms with E-state index in [1.807, 2.05) is 0 Å². The van der Waals surface area contributed by atoms with Crippen LogP contribution < -0.4 is 10.1 Å². The average molecular weight is 315 g/mol. The monoisotopic (exact) mass is 314 g/mol. The van der Waals surface area contributed by atoms with Crippen LogP contribution in [0.4, 0.5) is 10.1 Å². The molecule has 0 aliphatic rings. The van der Waals surface area contributed by atoms with Gasteiger partial charge in [-0.3, -0.25) is 4.79 Å². The Morgan fingerprint density at radius 1 is 1.35 bits per heavy atom. The molecule has 0 radical (unpaired) electrons. The SMILES string of the molecule is COc1ccc(NC(=O)c2cc(F)cnc2Cl)cc1Cl. The van der Waals surface area contributed by atoms with Gasteiger partial charge >= 0.3 is 0 Å². The summed E-state index contributed by atoms with van der Waals surface area (Å²) in [5, 5.41) is 2.81. The van der Waals surface area contributed by atoms with Crippen LogP contribution in [0.25, 0.3) is 0 Å². The zero-order chi connectivity index (χ0) is 14.7. The third-order valence-electron chi connectivity index (χ3n) is 2.46. The maximum atomic E-state index is 13.1. The first-order chi connectivity index (χ1) is 9.51. The molecule has 1 N–H and O–H groups in total. The van der Waals surface area contributed by atoms with Gasteiger partial charge in [0.25, 0.3) is 5.91 Å². The zero-order valence-corrected chi connectivity index (χ0v) is 11.8. The van der Waals surface area contributed by atoms with Crippen LogP contribution in [-0.2, 0) is 0 Å². The minimum atomic E-state index is -0.646. The highest BCUT2D eigenvalue weighted by atomic mass is 35.5. The summed E-state index contributed by atoms with van der Waals surface area (Å²) < 4.78 is 18.1. The number of carbonyl (C=O) groups is 1. The zero-order valence-electron chi connectivity index (χ0n) is 10.3. The van der Waals surface area contributed by atoms with Crippen molar-refractivity contribution in [3.05, 3.63) is 52.0 Å². The third kappa shape index (κ3) is 3.18. The molecule has 0 aliphatic heterocycles. The predicted molar refractivity (Wildman–Crippen MR) is 75.2 cm³/mol. The second-order valence-corrected chi connectivity index (χ2v) is 4.56. The quantitative estimate of drug-likeness (QED) is 0.877. The molecule has 4 nitrogen and oxygen atoms in total. The molecule has 20 heavy (non-hydrogen) atoms. The normalized spacial score (nSPS) is 10.2. The van der Waals surface area contributed by atoms with Crippen molar-refractivity contribution < 1.29 is 13.9 Å². The molecule has 0 atom stereocenters. The van der Waals surface area contributed by atoms with Gasteiger partial charge in [0, 0.05) is 5.69 Å². The Kier molecular flexibility index (Phi) is 4.42. The molecule has 0 fully saturated rings. The van der Waals surface area contributed by atoms with E-state index in [0.29, 0.717) is 16.5 Å². The molecule has 0 saturated heterocycles. The lowest BCUT2D eigenvalue weighted by molar-refractivity contribution is 0.102. The molecule has 1 aromatic heterocycles. The number of aromatic nitrogens is 1. The topological polar surface area (TPSA) is 51.2 Å². The minimum Gasteiger partial charge on any atom is -0.495 e. The second-order valence-electron chi connectivity index (χ2n) is 3.80. The van der Waals surface area contributed by atoms with Crippen LogP contribution in [0.3, 0.4) is 0 Å². The lowest BCUT2D eigenvalue weighted by Gasteiger charge is -2.08. The van der Waals surface area contributed by atoms with Crippen LogP contribution in [0.1, 0.15) is 10.4 Å². The Labute approximate surface area is 124 Å². The number of methoxy groups -OCH3 is 1. The van der Waals surface area contributed by atoms with E-state index in [1.165, 1.54) is 13.2 Å². The van der Waals surface area contributed by atoms with Gasteiger partial charge in [0.2, 0.25) is 0 Å². The van der Waals surface area contributed by atoms with Crippen molar-refractivity contribution >= 4 is 34.8 Å². The fraction of sp³-hybridized carbons (Fsp3) is 0.0769. The molecule has 0 spiro atoms. The number of carbonyl (C=O) groups excluding carboxylic acids is 1. The number of benzene rings is 1. The Balaban J connectivity index is 2.23. The highest BCUT2D eigenvalue weighted by Crippen LogP contribution is 2.27. The first-order valence-corrected chi connectivity index (χ1v) is 6.23. The van der Waals surface area contributed by atoms with Crippen LogP contribution in [-0.4, -0.2) is 18.0 Å². The van der Waals surface area contributed by atoms with Crippen molar-refractivity contribution in [1.29, 1.82) is 0 Å². The van der Waals surface area contributed by atoms with Gasteiger partial charge in [-0.25, -0.2) is 9.37 Å². The smallest absolute Gasteiger partial charge is 0.258 e. The molecule has 104 valence electrons. The highest BCUT2D eigenvalue weighted by Gasteiger charge is 2.13. The van der Waals surface area contributed by atoms with Gasteiger partial charge in [-0.1, -0.05) is 23.2 Å². The van der Waals surface area contributed by atoms with Crippen LogP contribution in [0.2, 0.25) is 10.2 Å². The summed E-state index contributed by atoms with van der Waals surface area (Å²) in [5.74, 6) is -0.745. The second kappa shape index (κ2) is 6.07. The lowest BCUT2D eigenvalue weighted by Crippen LogP contribution is -2.13. The van der Waals surface area contributed by atoms with E-state index in [0.717, 1.165) is 12.3 Å². The Morgan fingerprint density at radius 3 is 2.75 bits per heavy atom. The average Bonchev–Trinajstić information content (AvgIpc) is 2.41. The summed E-state index contributed by atoms with van der Waals surface area (Å²) >= 11 is 11.7. The summed E-state index contributed by atoms with van der Waals surface area (Å²) in [6.45, 7) is 0. The fourth-order valence-corrected chi connectivity index (χ4v) is 1.97. The molecule has 0 saturated carbocycles. The Bertz CT molecular complexity index is 665. The minimum absolute atomic E-state index is 0.0568. The van der Waals surface area contributed by atoms with Gasteiger partial charge < -0.3 is 10.1 Å². The van der Waals surface area contributed by atoms with Gasteiger partial charge in [-0.2, -0.15) is 0 Å². The lowest BCUT2D eigenvalue weighted by atomic mass is 10.2. The largest absolute Gasteiger partial charge is 0.495 e. The van der Waals surface area contributed by atoms with E-state index in [4.69, 9.17) is 27.9 Å². The molecular formula is C13H9Cl2FN2O2. The number of anilines is 1. The molecule has 1 heterocycles. The number of rotatable bonds is 3. The Morgan fingerprint density at radius 2 is 2.10 bits per heavy atom. The van der Waals surface area contributed by atoms with Crippen molar-refractivity contribution in [2.24, 2.45) is 0 Å². The highest BCUT2D eigenvalue weighted by molar-refractivity contribution is 6.33. The summed E-state index contributed by atoms with van der Waals surface area (Å²) in [6, 6.07) is 5.72. The van der Waals surface area contributed by atoms with Crippen molar-refractivity contribution in [3.8, 4) is 5.75 Å². The molecule has 0 aliphatic carbocycles. The van der Waals surface area contributed by atoms with E-state index in [2.05, 4.69) is 10.3 Å². The number of pyridine rings is 1. The molecular weight excluding hydrogens is 306 g/mol. The van der Waals surface area contributed by atoms with Crippen LogP contribution in [0, 0.1) is 5.82 Å². The van der Waals surface area contributed by atoms with Crippen molar-refractivity contribution in [2.45, 2.75) is 0 Å². The summed E-state index contributed by atoms with van der Waals surface area (Å²) in [7, 11) is 1.48. The molecule has 2 rings (SSSR count). The summed E-state index contributed by atoms with van der Waals surface area (Å²) in [5.41, 5.74) is 0.375. The number of nitrogens with zero attached hydrogens (tertiary/aromatic N) is 1. The van der Waals surface area contributed by atoms with Gasteiger partial charge in [-0.15, -0.1) is 0 Å². The first kappa shape index (κ1) is 14.6. The molecule has 0 bridgehead atoms. The molecule has 2 aromatic rings. The summed E-state index contributed by atoms with van der Waals surface area (Å²) in [6.07, 6.45) is 0.934. The van der Waals surface area contributed by atoms with Gasteiger partial charge in [0.1, 0.15) is 16.7 Å². The molecule has 0 unspecified atom stereocenters. The number of halogens is 3. The fourth-order valence-electron chi connectivity index (χ4n) is 1.52. The third-order valence-corrected chi connectivity index (χ3v) is 3.06. The van der Waals surface area contributed by atoms with Gasteiger partial charge in [-0.05, 0) is 24.3 Å². The maximum absolute atomic E-state index is 13.1. The van der Waals surface area contributed by atoms with E-state index < -0.39 is 11.7 Å². The van der Waals surface area contributed by atoms with Crippen LogP contribution >= 0.6 is 23.2 Å². The maximum Gasteiger partial charge on any atom is 0.258 e. The van der Waals surface area contributed by atoms with E-state index in [9.17, 15) is 9.18 Å². The van der Waals surface area contributed by atoms with Crippen LogP contribution in [0.5, 0.6) is 5.75 Å². The standard InChI is InChI=1S/C13H9Cl2FN2O2/c1-20-11-3-2-8(5-10(11)14)18-13(19)9-4-7(16)6-17-12(9)15/h2-6H,1H3,(H,18,19). The molecule has 1 aromatic carbocycles. The van der Waals surface area contributed by atoms with Crippen molar-refractivity contribution in [1.82, 2.24) is 4.98 Å². The van der Waals surface area contributed by atoms with Crippen molar-refractivity contribution in [3.63, 3.8) is 0 Å². The number of amides is 1. The van der Waals surface area contributed by atoms with Gasteiger partial charge in [0.15, 0.2) is 0 Å². The number of hydrogen-bond donors (Lipinski definition) is 1. The van der Waals surface area contributed by atoms with E-state index >= 15 is 0 Å². The molecule has 1 amide bonds. The number of hydrogen-bond acceptors (Lipinski definition) is 3. The number of nitrogens with one attached hydrogen (secondary N) is 1. The number of ether oxygens (including phenoxy) is 1. The summed E-state index contributed by atoms with van der Waals surface area (Å²) in [4.78, 5) is 15.5. The van der Waals surface area contributed by atoms with Crippen LogP contribution in [0.15, 0.2) is 30.5 Å². The van der Waals surface area contributed by atoms with E-state index in [1.54, 1.807) is 12.1 Å². The first-order valence-electron chi connectivity index (χ1n) is 5.47. The Hall–Kier alpha value is -1.85. The van der Waals surface area contributed by atoms with Crippen molar-refractivity contribution in [2.75, 3.05) is 12.4 Å². The predicted octanol–water partition coefficient (Wildman–Crippen LogP) is 3.79. The molecule has 7 heteroatoms. The van der Waals surface area contributed by atoms with E-state index in [-0.39, 0.29) is 10.7 Å².